The number of fused-ring (bicyclic) bond motifs is 2. The van der Waals surface area contributed by atoms with Crippen LogP contribution in [0.4, 0.5) is 0 Å². The van der Waals surface area contributed by atoms with E-state index in [0.717, 1.165) is 27.4 Å². The fourth-order valence-electron chi connectivity index (χ4n) is 3.14. The molecular formula is C21H20N4O3. The number of rotatable bonds is 6. The number of phenols is 1. The van der Waals surface area contributed by atoms with Gasteiger partial charge < -0.3 is 15.5 Å². The number of nitrogens with zero attached hydrogens (tertiary/aromatic N) is 3. The average Bonchev–Trinajstić information content (AvgIpc) is 3.12. The predicted molar refractivity (Wildman–Crippen MR) is 106 cm³/mol. The molecule has 3 N–H and O–H groups in total. The fraction of sp³-hybridized carbons (Fsp3) is 0.190. The number of amides is 1. The highest BCUT2D eigenvalue weighted by Crippen LogP contribution is 2.25. The summed E-state index contributed by atoms with van der Waals surface area (Å²) in [4.78, 5) is 13.2. The highest BCUT2D eigenvalue weighted by molar-refractivity contribution is 5.94. The third kappa shape index (κ3) is 3.65. The summed E-state index contributed by atoms with van der Waals surface area (Å²) in [7, 11) is 0. The van der Waals surface area contributed by atoms with Crippen LogP contribution in [-0.2, 0) is 11.2 Å². The van der Waals surface area contributed by atoms with Gasteiger partial charge in [0.15, 0.2) is 0 Å². The number of hydrogen-bond acceptors (Lipinski definition) is 5. The van der Waals surface area contributed by atoms with Crippen molar-refractivity contribution in [3.8, 4) is 11.4 Å². The number of aromatic nitrogens is 3. The van der Waals surface area contributed by atoms with E-state index >= 15 is 0 Å². The second kappa shape index (κ2) is 7.66. The van der Waals surface area contributed by atoms with Crippen LogP contribution in [0.1, 0.15) is 12.0 Å². The Kier molecular flexibility index (Phi) is 4.90. The zero-order chi connectivity index (χ0) is 19.5. The first kappa shape index (κ1) is 17.9. The molecule has 0 radical (unpaired) electrons. The van der Waals surface area contributed by atoms with Gasteiger partial charge in [0.2, 0.25) is 5.91 Å². The van der Waals surface area contributed by atoms with Gasteiger partial charge in [-0.05, 0) is 47.0 Å². The molecule has 7 heteroatoms. The summed E-state index contributed by atoms with van der Waals surface area (Å²) in [5, 5.41) is 32.8. The van der Waals surface area contributed by atoms with Crippen LogP contribution in [0.3, 0.4) is 0 Å². The van der Waals surface area contributed by atoms with E-state index in [2.05, 4.69) is 15.5 Å². The number of aryl methyl sites for hydroxylation is 1. The second-order valence-corrected chi connectivity index (χ2v) is 6.57. The lowest BCUT2D eigenvalue weighted by Crippen LogP contribution is -2.26. The van der Waals surface area contributed by atoms with Crippen molar-refractivity contribution in [3.63, 3.8) is 0 Å². The zero-order valence-corrected chi connectivity index (χ0v) is 15.2. The SMILES string of the molecule is O=C(CCc1ccc(O)c(-n2nc3cc4ccccc4cc3n2)c1)NCCO. The number of hydrogen-bond donors (Lipinski definition) is 3. The minimum atomic E-state index is -0.127. The molecule has 1 aromatic heterocycles. The quantitative estimate of drug-likeness (QED) is 0.479. The van der Waals surface area contributed by atoms with Crippen molar-refractivity contribution in [2.75, 3.05) is 13.2 Å². The van der Waals surface area contributed by atoms with Gasteiger partial charge in [-0.25, -0.2) is 0 Å². The number of carbonyl (C=O) groups is 1. The molecule has 4 rings (SSSR count). The number of aromatic hydroxyl groups is 1. The highest BCUT2D eigenvalue weighted by Gasteiger charge is 2.11. The van der Waals surface area contributed by atoms with Crippen LogP contribution in [0.15, 0.2) is 54.6 Å². The lowest BCUT2D eigenvalue weighted by atomic mass is 10.1. The van der Waals surface area contributed by atoms with Crippen molar-refractivity contribution in [1.29, 1.82) is 0 Å². The molecule has 0 aliphatic rings. The van der Waals surface area contributed by atoms with Gasteiger partial charge in [0, 0.05) is 13.0 Å². The van der Waals surface area contributed by atoms with Crippen LogP contribution < -0.4 is 5.32 Å². The lowest BCUT2D eigenvalue weighted by Gasteiger charge is -2.07. The predicted octanol–water partition coefficient (Wildman–Crippen LogP) is 2.32. The Morgan fingerprint density at radius 1 is 1.00 bits per heavy atom. The molecule has 7 nitrogen and oxygen atoms in total. The molecule has 28 heavy (non-hydrogen) atoms. The van der Waals surface area contributed by atoms with Gasteiger partial charge >= 0.3 is 0 Å². The van der Waals surface area contributed by atoms with Crippen LogP contribution >= 0.6 is 0 Å². The lowest BCUT2D eigenvalue weighted by molar-refractivity contribution is -0.121. The Balaban J connectivity index is 1.62. The largest absolute Gasteiger partial charge is 0.506 e. The monoisotopic (exact) mass is 376 g/mol. The van der Waals surface area contributed by atoms with Crippen molar-refractivity contribution in [2.45, 2.75) is 12.8 Å². The molecule has 0 aliphatic carbocycles. The summed E-state index contributed by atoms with van der Waals surface area (Å²) >= 11 is 0. The smallest absolute Gasteiger partial charge is 0.220 e. The summed E-state index contributed by atoms with van der Waals surface area (Å²) in [5.74, 6) is -0.0586. The van der Waals surface area contributed by atoms with Crippen LogP contribution in [0.5, 0.6) is 5.75 Å². The Morgan fingerprint density at radius 2 is 1.68 bits per heavy atom. The third-order valence-electron chi connectivity index (χ3n) is 4.58. The molecule has 0 spiro atoms. The van der Waals surface area contributed by atoms with E-state index in [1.165, 1.54) is 4.80 Å². The van der Waals surface area contributed by atoms with Crippen molar-refractivity contribution >= 4 is 27.7 Å². The highest BCUT2D eigenvalue weighted by atomic mass is 16.3. The van der Waals surface area contributed by atoms with Gasteiger partial charge in [-0.2, -0.15) is 0 Å². The first-order valence-corrected chi connectivity index (χ1v) is 9.10. The fourth-order valence-corrected chi connectivity index (χ4v) is 3.14. The first-order chi connectivity index (χ1) is 13.6. The summed E-state index contributed by atoms with van der Waals surface area (Å²) in [5.41, 5.74) is 2.84. The number of aliphatic hydroxyl groups is 1. The molecular weight excluding hydrogens is 356 g/mol. The van der Waals surface area contributed by atoms with Crippen LogP contribution in [-0.4, -0.2) is 44.3 Å². The minimum absolute atomic E-state index is 0.0679. The maximum atomic E-state index is 11.7. The summed E-state index contributed by atoms with van der Waals surface area (Å²) in [6.45, 7) is 0.167. The Hall–Kier alpha value is -3.45. The molecule has 1 heterocycles. The van der Waals surface area contributed by atoms with Gasteiger partial charge in [0.25, 0.3) is 0 Å². The molecule has 0 saturated carbocycles. The topological polar surface area (TPSA) is 100 Å². The standard InChI is InChI=1S/C21H20N4O3/c26-10-9-22-21(28)8-6-14-5-7-20(27)19(11-14)25-23-17-12-15-3-1-2-4-16(15)13-18(17)24-25/h1-5,7,11-13,26-27H,6,8-10H2,(H,22,28). The molecule has 0 unspecified atom stereocenters. The number of nitrogens with one attached hydrogen (secondary N) is 1. The van der Waals surface area contributed by atoms with Crippen LogP contribution in [0, 0.1) is 0 Å². The van der Waals surface area contributed by atoms with Gasteiger partial charge in [0.05, 0.1) is 6.61 Å². The van der Waals surface area contributed by atoms with E-state index in [9.17, 15) is 9.90 Å². The van der Waals surface area contributed by atoms with Gasteiger partial charge in [0.1, 0.15) is 22.5 Å². The van der Waals surface area contributed by atoms with E-state index in [0.29, 0.717) is 18.5 Å². The first-order valence-electron chi connectivity index (χ1n) is 9.10. The van der Waals surface area contributed by atoms with Crippen LogP contribution in [0.2, 0.25) is 0 Å². The molecule has 142 valence electrons. The number of aliphatic hydroxyl groups excluding tert-OH is 1. The summed E-state index contributed by atoms with van der Waals surface area (Å²) in [6.07, 6.45) is 0.805. The van der Waals surface area contributed by atoms with Crippen molar-refractivity contribution in [3.05, 3.63) is 60.2 Å². The van der Waals surface area contributed by atoms with E-state index in [-0.39, 0.29) is 24.8 Å². The molecule has 0 saturated heterocycles. The Bertz CT molecular complexity index is 1100. The van der Waals surface area contributed by atoms with Crippen molar-refractivity contribution in [1.82, 2.24) is 20.3 Å². The van der Waals surface area contributed by atoms with Crippen LogP contribution in [0.25, 0.3) is 27.5 Å². The van der Waals surface area contributed by atoms with Gasteiger partial charge in [-0.3, -0.25) is 4.79 Å². The Morgan fingerprint density at radius 3 is 2.32 bits per heavy atom. The van der Waals surface area contributed by atoms with Crippen molar-refractivity contribution in [2.24, 2.45) is 0 Å². The number of phenolic OH excluding ortho intramolecular Hbond substituents is 1. The van der Waals surface area contributed by atoms with E-state index in [4.69, 9.17) is 5.11 Å². The maximum Gasteiger partial charge on any atom is 0.220 e. The summed E-state index contributed by atoms with van der Waals surface area (Å²) < 4.78 is 0. The zero-order valence-electron chi connectivity index (χ0n) is 15.2. The van der Waals surface area contributed by atoms with Crippen molar-refractivity contribution < 1.29 is 15.0 Å². The molecule has 0 fully saturated rings. The minimum Gasteiger partial charge on any atom is -0.506 e. The average molecular weight is 376 g/mol. The van der Waals surface area contributed by atoms with E-state index < -0.39 is 0 Å². The second-order valence-electron chi connectivity index (χ2n) is 6.57. The van der Waals surface area contributed by atoms with Gasteiger partial charge in [-0.1, -0.05) is 30.3 Å². The van der Waals surface area contributed by atoms with Gasteiger partial charge in [-0.15, -0.1) is 15.0 Å². The molecule has 0 aliphatic heterocycles. The molecule has 4 aromatic rings. The number of benzene rings is 3. The maximum absolute atomic E-state index is 11.7. The van der Waals surface area contributed by atoms with E-state index in [1.54, 1.807) is 18.2 Å². The molecule has 3 aromatic carbocycles. The normalized spacial score (nSPS) is 11.2. The van der Waals surface area contributed by atoms with E-state index in [1.807, 2.05) is 36.4 Å². The molecule has 0 bridgehead atoms. The number of carbonyl (C=O) groups excluding carboxylic acids is 1. The molecule has 1 amide bonds. The molecule has 0 atom stereocenters. The Labute approximate surface area is 161 Å². The summed E-state index contributed by atoms with van der Waals surface area (Å²) in [6, 6.07) is 17.1. The third-order valence-corrected chi connectivity index (χ3v) is 4.58.